The van der Waals surface area contributed by atoms with E-state index in [9.17, 15) is 9.59 Å². The van der Waals surface area contributed by atoms with Crippen LogP contribution in [0.25, 0.3) is 0 Å². The van der Waals surface area contributed by atoms with Crippen LogP contribution in [-0.2, 0) is 5.41 Å². The molecule has 28 heavy (non-hydrogen) atoms. The normalized spacial score (nSPS) is 11.4. The molecular weight excluding hydrogens is 348 g/mol. The van der Waals surface area contributed by atoms with E-state index in [4.69, 9.17) is 11.5 Å². The Hall–Kier alpha value is -3.40. The van der Waals surface area contributed by atoms with Crippen LogP contribution in [0, 0.1) is 0 Å². The number of rotatable bonds is 6. The number of amides is 2. The van der Waals surface area contributed by atoms with Crippen molar-refractivity contribution in [2.24, 2.45) is 11.5 Å². The Labute approximate surface area is 165 Å². The first kappa shape index (κ1) is 19.4. The molecule has 4 N–H and O–H groups in total. The molecule has 0 saturated carbocycles. The third-order valence-electron chi connectivity index (χ3n) is 5.25. The fourth-order valence-electron chi connectivity index (χ4n) is 3.80. The van der Waals surface area contributed by atoms with Crippen LogP contribution in [-0.4, -0.2) is 11.8 Å². The van der Waals surface area contributed by atoms with Crippen LogP contribution < -0.4 is 11.5 Å². The number of hydrogen-bond donors (Lipinski definition) is 2. The number of benzene rings is 3. The molecule has 4 heteroatoms. The van der Waals surface area contributed by atoms with Crippen LogP contribution in [0.4, 0.5) is 0 Å². The van der Waals surface area contributed by atoms with Gasteiger partial charge in [0.25, 0.3) is 0 Å². The molecule has 0 saturated heterocycles. The lowest BCUT2D eigenvalue weighted by atomic mass is 9.67. The van der Waals surface area contributed by atoms with Crippen LogP contribution in [0.5, 0.6) is 0 Å². The highest BCUT2D eigenvalue weighted by Crippen LogP contribution is 2.43. The van der Waals surface area contributed by atoms with Gasteiger partial charge in [0.05, 0.1) is 0 Å². The second kappa shape index (κ2) is 7.69. The summed E-state index contributed by atoms with van der Waals surface area (Å²) in [6.45, 7) is 4.31. The van der Waals surface area contributed by atoms with Crippen LogP contribution >= 0.6 is 0 Å². The van der Waals surface area contributed by atoms with Crippen molar-refractivity contribution in [3.63, 3.8) is 0 Å². The first-order chi connectivity index (χ1) is 13.3. The largest absolute Gasteiger partial charge is 0.366 e. The summed E-state index contributed by atoms with van der Waals surface area (Å²) >= 11 is 0. The molecule has 2 amide bonds. The van der Waals surface area contributed by atoms with E-state index in [1.165, 1.54) is 0 Å². The van der Waals surface area contributed by atoms with Crippen molar-refractivity contribution >= 4 is 11.8 Å². The highest BCUT2D eigenvalue weighted by Gasteiger charge is 2.34. The lowest BCUT2D eigenvalue weighted by Gasteiger charge is -2.36. The molecule has 0 fully saturated rings. The second-order valence-electron chi connectivity index (χ2n) is 7.50. The summed E-state index contributed by atoms with van der Waals surface area (Å²) in [4.78, 5) is 23.5. The first-order valence-electron chi connectivity index (χ1n) is 9.16. The Balaban J connectivity index is 2.22. The van der Waals surface area contributed by atoms with Crippen molar-refractivity contribution in [3.05, 3.63) is 107 Å². The molecule has 142 valence electrons. The minimum absolute atomic E-state index is 0.117. The molecule has 3 rings (SSSR count). The van der Waals surface area contributed by atoms with Crippen molar-refractivity contribution in [2.45, 2.75) is 25.2 Å². The third kappa shape index (κ3) is 3.81. The fourth-order valence-corrected chi connectivity index (χ4v) is 3.80. The van der Waals surface area contributed by atoms with Crippen molar-refractivity contribution < 1.29 is 9.59 Å². The minimum atomic E-state index is -0.469. The van der Waals surface area contributed by atoms with E-state index in [-0.39, 0.29) is 11.3 Å². The SMILES string of the molecule is CC(C)(c1ccccc1)C(c1cccc(C(N)=O)c1)c1cccc(C(N)=O)c1. The quantitative estimate of drug-likeness (QED) is 0.685. The van der Waals surface area contributed by atoms with Gasteiger partial charge in [-0.1, -0.05) is 68.4 Å². The van der Waals surface area contributed by atoms with Gasteiger partial charge in [-0.2, -0.15) is 0 Å². The minimum Gasteiger partial charge on any atom is -0.366 e. The molecule has 0 heterocycles. The van der Waals surface area contributed by atoms with Gasteiger partial charge in [-0.25, -0.2) is 0 Å². The van der Waals surface area contributed by atoms with Crippen molar-refractivity contribution in [3.8, 4) is 0 Å². The average Bonchev–Trinajstić information content (AvgIpc) is 2.69. The number of carbonyl (C=O) groups is 2. The Morgan fingerprint density at radius 1 is 0.714 bits per heavy atom. The van der Waals surface area contributed by atoms with Crippen LogP contribution in [0.2, 0.25) is 0 Å². The van der Waals surface area contributed by atoms with Gasteiger partial charge in [-0.3, -0.25) is 9.59 Å². The molecule has 0 aliphatic heterocycles. The molecule has 0 aliphatic carbocycles. The number of nitrogens with two attached hydrogens (primary N) is 2. The number of hydrogen-bond acceptors (Lipinski definition) is 2. The van der Waals surface area contributed by atoms with Gasteiger partial charge in [0.15, 0.2) is 0 Å². The molecule has 3 aromatic carbocycles. The smallest absolute Gasteiger partial charge is 0.248 e. The average molecular weight is 372 g/mol. The summed E-state index contributed by atoms with van der Waals surface area (Å²) in [6, 6.07) is 24.9. The van der Waals surface area contributed by atoms with Crippen molar-refractivity contribution in [2.75, 3.05) is 0 Å². The standard InChI is InChI=1S/C24H24N2O2/c1-24(2,20-12-4-3-5-13-20)21(16-8-6-10-18(14-16)22(25)27)17-9-7-11-19(15-17)23(26)28/h3-15,21H,1-2H3,(H2,25,27)(H2,26,28). The highest BCUT2D eigenvalue weighted by atomic mass is 16.1. The molecule has 0 spiro atoms. The van der Waals surface area contributed by atoms with Crippen molar-refractivity contribution in [1.29, 1.82) is 0 Å². The van der Waals surface area contributed by atoms with E-state index >= 15 is 0 Å². The van der Waals surface area contributed by atoms with Gasteiger partial charge in [-0.15, -0.1) is 0 Å². The van der Waals surface area contributed by atoms with E-state index in [0.717, 1.165) is 16.7 Å². The second-order valence-corrected chi connectivity index (χ2v) is 7.50. The van der Waals surface area contributed by atoms with E-state index in [0.29, 0.717) is 11.1 Å². The predicted octanol–water partition coefficient (Wildman–Crippen LogP) is 3.99. The summed E-state index contributed by atoms with van der Waals surface area (Å²) in [5, 5.41) is 0. The van der Waals surface area contributed by atoms with E-state index in [1.54, 1.807) is 12.1 Å². The molecular formula is C24H24N2O2. The maximum absolute atomic E-state index is 11.7. The molecule has 0 aromatic heterocycles. The summed E-state index contributed by atoms with van der Waals surface area (Å²) < 4.78 is 0. The zero-order valence-electron chi connectivity index (χ0n) is 16.1. The third-order valence-corrected chi connectivity index (χ3v) is 5.25. The fraction of sp³-hybridized carbons (Fsp3) is 0.167. The van der Waals surface area contributed by atoms with Gasteiger partial charge < -0.3 is 11.5 Å². The molecule has 0 radical (unpaired) electrons. The number of primary amides is 2. The lowest BCUT2D eigenvalue weighted by molar-refractivity contribution is 0.0992. The van der Waals surface area contributed by atoms with Crippen LogP contribution in [0.3, 0.4) is 0 Å². The molecule has 0 unspecified atom stereocenters. The van der Waals surface area contributed by atoms with E-state index in [1.807, 2.05) is 54.6 Å². The zero-order valence-corrected chi connectivity index (χ0v) is 16.1. The maximum Gasteiger partial charge on any atom is 0.248 e. The summed E-state index contributed by atoms with van der Waals surface area (Å²) in [6.07, 6.45) is 0. The first-order valence-corrected chi connectivity index (χ1v) is 9.16. The Morgan fingerprint density at radius 2 is 1.18 bits per heavy atom. The molecule has 0 bridgehead atoms. The maximum atomic E-state index is 11.7. The van der Waals surface area contributed by atoms with E-state index < -0.39 is 11.8 Å². The van der Waals surface area contributed by atoms with Gasteiger partial charge in [0.1, 0.15) is 0 Å². The van der Waals surface area contributed by atoms with Crippen LogP contribution in [0.15, 0.2) is 78.9 Å². The van der Waals surface area contributed by atoms with Gasteiger partial charge in [0, 0.05) is 22.5 Å². The Kier molecular flexibility index (Phi) is 5.32. The Bertz CT molecular complexity index is 952. The van der Waals surface area contributed by atoms with Crippen LogP contribution in [0.1, 0.15) is 57.2 Å². The topological polar surface area (TPSA) is 86.2 Å². The Morgan fingerprint density at radius 3 is 1.61 bits per heavy atom. The molecule has 0 aliphatic rings. The number of carbonyl (C=O) groups excluding carboxylic acids is 2. The van der Waals surface area contributed by atoms with Gasteiger partial charge >= 0.3 is 0 Å². The molecule has 0 atom stereocenters. The predicted molar refractivity (Wildman–Crippen MR) is 111 cm³/mol. The van der Waals surface area contributed by atoms with Crippen molar-refractivity contribution in [1.82, 2.24) is 0 Å². The summed E-state index contributed by atoms with van der Waals surface area (Å²) in [5.74, 6) is -1.05. The lowest BCUT2D eigenvalue weighted by Crippen LogP contribution is -2.28. The monoisotopic (exact) mass is 372 g/mol. The van der Waals surface area contributed by atoms with Gasteiger partial charge in [-0.05, 0) is 41.0 Å². The summed E-state index contributed by atoms with van der Waals surface area (Å²) in [7, 11) is 0. The van der Waals surface area contributed by atoms with Gasteiger partial charge in [0.2, 0.25) is 11.8 Å². The zero-order chi connectivity index (χ0) is 20.3. The highest BCUT2D eigenvalue weighted by molar-refractivity contribution is 5.93. The molecule has 4 nitrogen and oxygen atoms in total. The van der Waals surface area contributed by atoms with E-state index in [2.05, 4.69) is 26.0 Å². The summed E-state index contributed by atoms with van der Waals surface area (Å²) in [5.41, 5.74) is 14.6. The molecule has 3 aromatic rings.